The molecule has 132 valence electrons. The lowest BCUT2D eigenvalue weighted by atomic mass is 9.95. The highest BCUT2D eigenvalue weighted by molar-refractivity contribution is 5.82. The largest absolute Gasteiger partial charge is 0.493 e. The number of nitrogens with one attached hydrogen (secondary N) is 2. The van der Waals surface area contributed by atoms with Crippen LogP contribution in [0.3, 0.4) is 0 Å². The molecule has 1 aliphatic heterocycles. The predicted octanol–water partition coefficient (Wildman–Crippen LogP) is 2.08. The van der Waals surface area contributed by atoms with Crippen molar-refractivity contribution in [1.29, 1.82) is 0 Å². The number of fused-ring (bicyclic) bond motifs is 1. The zero-order valence-electron chi connectivity index (χ0n) is 14.7. The molecule has 25 heavy (non-hydrogen) atoms. The second-order valence-electron chi connectivity index (χ2n) is 6.14. The van der Waals surface area contributed by atoms with Crippen molar-refractivity contribution in [3.8, 4) is 11.5 Å². The van der Waals surface area contributed by atoms with Gasteiger partial charge in [-0.2, -0.15) is 0 Å². The van der Waals surface area contributed by atoms with Gasteiger partial charge in [0.05, 0.1) is 20.3 Å². The topological polar surface area (TPSA) is 59.6 Å². The molecule has 0 aliphatic carbocycles. The first-order chi connectivity index (χ1) is 12.2. The lowest BCUT2D eigenvalue weighted by Crippen LogP contribution is -2.48. The molecule has 1 aliphatic rings. The molecule has 5 nitrogen and oxygen atoms in total. The summed E-state index contributed by atoms with van der Waals surface area (Å²) in [5.74, 6) is 1.47. The van der Waals surface area contributed by atoms with Crippen LogP contribution in [0.15, 0.2) is 42.5 Å². The fourth-order valence-electron chi connectivity index (χ4n) is 3.13. The van der Waals surface area contributed by atoms with Crippen LogP contribution in [0, 0.1) is 0 Å². The number of rotatable bonds is 6. The average molecular weight is 340 g/mol. The van der Waals surface area contributed by atoms with Crippen molar-refractivity contribution in [3.63, 3.8) is 0 Å². The molecule has 0 spiro atoms. The van der Waals surface area contributed by atoms with Crippen molar-refractivity contribution < 1.29 is 14.3 Å². The van der Waals surface area contributed by atoms with Crippen LogP contribution in [-0.4, -0.2) is 32.7 Å². The highest BCUT2D eigenvalue weighted by Gasteiger charge is 2.23. The molecular formula is C20H24N2O3. The van der Waals surface area contributed by atoms with E-state index in [4.69, 9.17) is 9.47 Å². The van der Waals surface area contributed by atoms with E-state index in [1.807, 2.05) is 30.3 Å². The molecule has 3 rings (SSSR count). The number of hydrogen-bond acceptors (Lipinski definition) is 4. The zero-order chi connectivity index (χ0) is 17.6. The zero-order valence-corrected chi connectivity index (χ0v) is 14.7. The summed E-state index contributed by atoms with van der Waals surface area (Å²) in [4.78, 5) is 12.4. The number of methoxy groups -OCH3 is 2. The molecule has 0 saturated heterocycles. The first-order valence-electron chi connectivity index (χ1n) is 8.50. The van der Waals surface area contributed by atoms with Crippen molar-refractivity contribution in [2.24, 2.45) is 0 Å². The third-order valence-electron chi connectivity index (χ3n) is 4.56. The lowest BCUT2D eigenvalue weighted by molar-refractivity contribution is -0.123. The standard InChI is InChI=1S/C20H24N2O3/c1-24-18-8-7-14(11-19(18)25-2)9-10-21-20(23)17-12-15-5-3-4-6-16(15)13-22-17/h3-8,11,17,22H,9-10,12-13H2,1-2H3,(H,21,23). The Morgan fingerprint density at radius 1 is 1.12 bits per heavy atom. The van der Waals surface area contributed by atoms with E-state index in [2.05, 4.69) is 22.8 Å². The maximum Gasteiger partial charge on any atom is 0.237 e. The number of hydrogen-bond donors (Lipinski definition) is 2. The predicted molar refractivity (Wildman–Crippen MR) is 97.0 cm³/mol. The third kappa shape index (κ3) is 4.12. The van der Waals surface area contributed by atoms with Crippen LogP contribution < -0.4 is 20.1 Å². The summed E-state index contributed by atoms with van der Waals surface area (Å²) in [6.07, 6.45) is 1.48. The van der Waals surface area contributed by atoms with Crippen LogP contribution in [0.4, 0.5) is 0 Å². The Labute approximate surface area is 148 Å². The van der Waals surface area contributed by atoms with E-state index in [0.29, 0.717) is 18.0 Å². The van der Waals surface area contributed by atoms with Crippen LogP contribution in [-0.2, 0) is 24.2 Å². The molecule has 1 heterocycles. The van der Waals surface area contributed by atoms with E-state index < -0.39 is 0 Å². The monoisotopic (exact) mass is 340 g/mol. The SMILES string of the molecule is COc1ccc(CCNC(=O)C2Cc3ccccc3CN2)cc1OC. The van der Waals surface area contributed by atoms with Crippen LogP contribution in [0.1, 0.15) is 16.7 Å². The van der Waals surface area contributed by atoms with Gasteiger partial charge >= 0.3 is 0 Å². The molecule has 2 aromatic rings. The smallest absolute Gasteiger partial charge is 0.237 e. The molecule has 1 atom stereocenters. The Morgan fingerprint density at radius 2 is 1.88 bits per heavy atom. The van der Waals surface area contributed by atoms with E-state index in [1.165, 1.54) is 11.1 Å². The minimum Gasteiger partial charge on any atom is -0.493 e. The molecule has 5 heteroatoms. The van der Waals surface area contributed by atoms with Crippen LogP contribution in [0.25, 0.3) is 0 Å². The maximum atomic E-state index is 12.4. The summed E-state index contributed by atoms with van der Waals surface area (Å²) in [5, 5.41) is 6.33. The average Bonchev–Trinajstić information content (AvgIpc) is 2.67. The van der Waals surface area contributed by atoms with Gasteiger partial charge in [0, 0.05) is 13.1 Å². The summed E-state index contributed by atoms with van der Waals surface area (Å²) < 4.78 is 10.5. The Balaban J connectivity index is 1.52. The summed E-state index contributed by atoms with van der Waals surface area (Å²) in [6.45, 7) is 1.33. The molecule has 0 aromatic heterocycles. The normalized spacial score (nSPS) is 16.0. The van der Waals surface area contributed by atoms with E-state index in [-0.39, 0.29) is 11.9 Å². The first kappa shape index (κ1) is 17.3. The van der Waals surface area contributed by atoms with Gasteiger partial charge in [0.1, 0.15) is 0 Å². The van der Waals surface area contributed by atoms with E-state index >= 15 is 0 Å². The molecule has 0 saturated carbocycles. The number of carbonyl (C=O) groups excluding carboxylic acids is 1. The third-order valence-corrected chi connectivity index (χ3v) is 4.56. The van der Waals surface area contributed by atoms with Gasteiger partial charge in [-0.1, -0.05) is 30.3 Å². The van der Waals surface area contributed by atoms with Crippen LogP contribution >= 0.6 is 0 Å². The van der Waals surface area contributed by atoms with Crippen molar-refractivity contribution in [2.45, 2.75) is 25.4 Å². The van der Waals surface area contributed by atoms with Gasteiger partial charge in [-0.25, -0.2) is 0 Å². The van der Waals surface area contributed by atoms with Gasteiger partial charge in [0.2, 0.25) is 5.91 Å². The van der Waals surface area contributed by atoms with Crippen molar-refractivity contribution in [1.82, 2.24) is 10.6 Å². The highest BCUT2D eigenvalue weighted by atomic mass is 16.5. The Kier molecular flexibility index (Phi) is 5.56. The summed E-state index contributed by atoms with van der Waals surface area (Å²) >= 11 is 0. The molecule has 2 N–H and O–H groups in total. The molecule has 0 bridgehead atoms. The van der Waals surface area contributed by atoms with E-state index in [1.54, 1.807) is 14.2 Å². The number of benzene rings is 2. The van der Waals surface area contributed by atoms with Crippen molar-refractivity contribution in [2.75, 3.05) is 20.8 Å². The minimum absolute atomic E-state index is 0.0509. The molecular weight excluding hydrogens is 316 g/mol. The van der Waals surface area contributed by atoms with Crippen molar-refractivity contribution >= 4 is 5.91 Å². The van der Waals surface area contributed by atoms with E-state index in [9.17, 15) is 4.79 Å². The van der Waals surface area contributed by atoms with E-state index in [0.717, 1.165) is 24.9 Å². The summed E-state index contributed by atoms with van der Waals surface area (Å²) in [6, 6.07) is 13.9. The molecule has 0 radical (unpaired) electrons. The number of amides is 1. The van der Waals surface area contributed by atoms with Gasteiger partial charge < -0.3 is 20.1 Å². The molecule has 1 amide bonds. The maximum absolute atomic E-state index is 12.4. The molecule has 0 fully saturated rings. The Hall–Kier alpha value is -2.53. The van der Waals surface area contributed by atoms with Crippen molar-refractivity contribution in [3.05, 3.63) is 59.2 Å². The summed E-state index contributed by atoms with van der Waals surface area (Å²) in [5.41, 5.74) is 3.62. The molecule has 2 aromatic carbocycles. The quantitative estimate of drug-likeness (QED) is 0.845. The fraction of sp³-hybridized carbons (Fsp3) is 0.350. The fourth-order valence-corrected chi connectivity index (χ4v) is 3.13. The Morgan fingerprint density at radius 3 is 2.64 bits per heavy atom. The second-order valence-corrected chi connectivity index (χ2v) is 6.14. The van der Waals surface area contributed by atoms with Gasteiger partial charge in [-0.15, -0.1) is 0 Å². The van der Waals surface area contributed by atoms with Gasteiger partial charge in [0.25, 0.3) is 0 Å². The number of ether oxygens (including phenoxy) is 2. The first-order valence-corrected chi connectivity index (χ1v) is 8.50. The van der Waals surface area contributed by atoms with Gasteiger partial charge in [0.15, 0.2) is 11.5 Å². The number of carbonyl (C=O) groups is 1. The highest BCUT2D eigenvalue weighted by Crippen LogP contribution is 2.27. The second kappa shape index (κ2) is 8.03. The lowest BCUT2D eigenvalue weighted by Gasteiger charge is -2.25. The summed E-state index contributed by atoms with van der Waals surface area (Å²) in [7, 11) is 3.24. The Bertz CT molecular complexity index is 745. The minimum atomic E-state index is -0.166. The van der Waals surface area contributed by atoms with Crippen LogP contribution in [0.5, 0.6) is 11.5 Å². The van der Waals surface area contributed by atoms with Gasteiger partial charge in [-0.3, -0.25) is 4.79 Å². The molecule has 1 unspecified atom stereocenters. The van der Waals surface area contributed by atoms with Crippen LogP contribution in [0.2, 0.25) is 0 Å². The van der Waals surface area contributed by atoms with Gasteiger partial charge in [-0.05, 0) is 41.7 Å².